The van der Waals surface area contributed by atoms with Gasteiger partial charge in [-0.25, -0.2) is 4.79 Å². The molecule has 0 radical (unpaired) electrons. The van der Waals surface area contributed by atoms with Crippen LogP contribution in [-0.4, -0.2) is 38.4 Å². The first kappa shape index (κ1) is 14.2. The van der Waals surface area contributed by atoms with Gasteiger partial charge in [-0.3, -0.25) is 4.79 Å². The highest BCUT2D eigenvalue weighted by Gasteiger charge is 2.36. The lowest BCUT2D eigenvalue weighted by Crippen LogP contribution is -2.31. The number of carbonyl (C=O) groups is 2. The van der Waals surface area contributed by atoms with E-state index in [1.165, 1.54) is 0 Å². The van der Waals surface area contributed by atoms with Crippen molar-refractivity contribution in [1.82, 2.24) is 10.2 Å². The molecular formula is C7H6F3N3O4S. The standard InChI is InChI=1S/C7H6F3N3O4S/c8-7(9,10)5-12-13-6(18-5)11-2(4(16)17)1-3(14)15/h2H,1H2,(H,11,13)(H,14,15)(H,16,17). The molecular weight excluding hydrogens is 279 g/mol. The fourth-order valence-corrected chi connectivity index (χ4v) is 1.58. The Morgan fingerprint density at radius 1 is 1.33 bits per heavy atom. The number of carboxylic acids is 2. The van der Waals surface area contributed by atoms with Gasteiger partial charge in [-0.1, -0.05) is 11.3 Å². The maximum atomic E-state index is 12.2. The number of nitrogens with one attached hydrogen (secondary N) is 1. The fourth-order valence-electron chi connectivity index (χ4n) is 0.920. The lowest BCUT2D eigenvalue weighted by molar-refractivity contribution is -0.144. The first-order valence-corrected chi connectivity index (χ1v) is 5.13. The summed E-state index contributed by atoms with van der Waals surface area (Å²) in [5, 5.41) is 23.4. The van der Waals surface area contributed by atoms with Crippen molar-refractivity contribution < 1.29 is 33.0 Å². The number of rotatable bonds is 5. The van der Waals surface area contributed by atoms with Crippen LogP contribution in [0.15, 0.2) is 0 Å². The largest absolute Gasteiger partial charge is 0.481 e. The number of carboxylic acid groups (broad SMARTS) is 2. The van der Waals surface area contributed by atoms with E-state index in [1.807, 2.05) is 0 Å². The molecule has 0 aliphatic rings. The van der Waals surface area contributed by atoms with Crippen molar-refractivity contribution in [1.29, 1.82) is 0 Å². The maximum Gasteiger partial charge on any atom is 0.445 e. The Hall–Kier alpha value is -1.91. The molecule has 1 aromatic rings. The molecule has 0 saturated carbocycles. The number of halogens is 3. The Balaban J connectivity index is 2.79. The number of aromatic nitrogens is 2. The van der Waals surface area contributed by atoms with Gasteiger partial charge in [0.05, 0.1) is 6.42 Å². The Kier molecular flexibility index (Phi) is 4.06. The van der Waals surface area contributed by atoms with Crippen LogP contribution in [-0.2, 0) is 15.8 Å². The third-order valence-electron chi connectivity index (χ3n) is 1.64. The quantitative estimate of drug-likeness (QED) is 0.736. The van der Waals surface area contributed by atoms with E-state index in [0.29, 0.717) is 0 Å². The minimum Gasteiger partial charge on any atom is -0.481 e. The van der Waals surface area contributed by atoms with Crippen LogP contribution in [0.5, 0.6) is 0 Å². The third-order valence-corrected chi connectivity index (χ3v) is 2.54. The van der Waals surface area contributed by atoms with Crippen molar-refractivity contribution in [2.24, 2.45) is 0 Å². The maximum absolute atomic E-state index is 12.2. The summed E-state index contributed by atoms with van der Waals surface area (Å²) in [6.07, 6.45) is -5.47. The molecule has 0 aliphatic carbocycles. The molecule has 7 nitrogen and oxygen atoms in total. The van der Waals surface area contributed by atoms with Crippen molar-refractivity contribution in [3.63, 3.8) is 0 Å². The minimum absolute atomic E-state index is 0.0980. The van der Waals surface area contributed by atoms with Crippen LogP contribution in [0.25, 0.3) is 0 Å². The van der Waals surface area contributed by atoms with Gasteiger partial charge in [0, 0.05) is 0 Å². The van der Waals surface area contributed by atoms with E-state index in [9.17, 15) is 22.8 Å². The van der Waals surface area contributed by atoms with Crippen molar-refractivity contribution in [2.45, 2.75) is 18.6 Å². The summed E-state index contributed by atoms with van der Waals surface area (Å²) in [6, 6.07) is -1.57. The highest BCUT2D eigenvalue weighted by atomic mass is 32.1. The summed E-state index contributed by atoms with van der Waals surface area (Å²) in [5.41, 5.74) is 0. The number of anilines is 1. The van der Waals surface area contributed by atoms with Gasteiger partial charge in [-0.15, -0.1) is 10.2 Å². The van der Waals surface area contributed by atoms with Crippen LogP contribution in [0.3, 0.4) is 0 Å². The normalized spacial score (nSPS) is 13.1. The van der Waals surface area contributed by atoms with Crippen LogP contribution in [0.4, 0.5) is 18.3 Å². The van der Waals surface area contributed by atoms with Gasteiger partial charge >= 0.3 is 18.1 Å². The first-order chi connectivity index (χ1) is 8.20. The van der Waals surface area contributed by atoms with Crippen LogP contribution in [0, 0.1) is 0 Å². The van der Waals surface area contributed by atoms with Crippen LogP contribution in [0.1, 0.15) is 11.4 Å². The summed E-state index contributed by atoms with van der Waals surface area (Å²) < 4.78 is 36.5. The van der Waals surface area contributed by atoms with E-state index in [1.54, 1.807) is 0 Å². The molecule has 11 heteroatoms. The lowest BCUT2D eigenvalue weighted by atomic mass is 10.2. The van der Waals surface area contributed by atoms with Gasteiger partial charge in [0.2, 0.25) is 10.1 Å². The van der Waals surface area contributed by atoms with Crippen molar-refractivity contribution in [3.05, 3.63) is 5.01 Å². The van der Waals surface area contributed by atoms with Gasteiger partial charge in [-0.05, 0) is 0 Å². The lowest BCUT2D eigenvalue weighted by Gasteiger charge is -2.09. The zero-order valence-corrected chi connectivity index (χ0v) is 9.25. The van der Waals surface area contributed by atoms with Crippen molar-refractivity contribution in [2.75, 3.05) is 5.32 Å². The van der Waals surface area contributed by atoms with Crippen LogP contribution in [0.2, 0.25) is 0 Å². The predicted molar refractivity (Wildman–Crippen MR) is 52.2 cm³/mol. The van der Waals surface area contributed by atoms with Crippen molar-refractivity contribution >= 4 is 28.4 Å². The van der Waals surface area contributed by atoms with Gasteiger partial charge < -0.3 is 15.5 Å². The molecule has 0 bridgehead atoms. The molecule has 1 atom stereocenters. The topological polar surface area (TPSA) is 112 Å². The van der Waals surface area contributed by atoms with Gasteiger partial charge in [0.25, 0.3) is 0 Å². The zero-order chi connectivity index (χ0) is 13.9. The number of aliphatic carboxylic acids is 2. The monoisotopic (exact) mass is 285 g/mol. The Morgan fingerprint density at radius 3 is 2.33 bits per heavy atom. The highest BCUT2D eigenvalue weighted by molar-refractivity contribution is 7.15. The van der Waals surface area contributed by atoms with E-state index >= 15 is 0 Å². The zero-order valence-electron chi connectivity index (χ0n) is 8.43. The van der Waals surface area contributed by atoms with Crippen LogP contribution < -0.4 is 5.32 Å². The van der Waals surface area contributed by atoms with Gasteiger partial charge in [0.1, 0.15) is 6.04 Å². The number of alkyl halides is 3. The molecule has 0 fully saturated rings. The molecule has 0 spiro atoms. The van der Waals surface area contributed by atoms with E-state index < -0.39 is 40.7 Å². The summed E-state index contributed by atoms with van der Waals surface area (Å²) in [6.45, 7) is 0. The summed E-state index contributed by atoms with van der Waals surface area (Å²) >= 11 is 0.0980. The van der Waals surface area contributed by atoms with E-state index in [-0.39, 0.29) is 11.3 Å². The highest BCUT2D eigenvalue weighted by Crippen LogP contribution is 2.33. The predicted octanol–water partition coefficient (Wildman–Crippen LogP) is 0.897. The first-order valence-electron chi connectivity index (χ1n) is 4.32. The second kappa shape index (κ2) is 5.16. The number of hydrogen-bond acceptors (Lipinski definition) is 6. The molecule has 0 amide bonds. The fraction of sp³-hybridized carbons (Fsp3) is 0.429. The molecule has 0 saturated heterocycles. The molecule has 1 heterocycles. The second-order valence-corrected chi connectivity index (χ2v) is 4.02. The molecule has 0 aromatic carbocycles. The molecule has 18 heavy (non-hydrogen) atoms. The van der Waals surface area contributed by atoms with E-state index in [4.69, 9.17) is 10.2 Å². The SMILES string of the molecule is O=C(O)CC(Nc1nnc(C(F)(F)F)s1)C(=O)O. The molecule has 0 aliphatic heterocycles. The van der Waals surface area contributed by atoms with Crippen LogP contribution >= 0.6 is 11.3 Å². The molecule has 100 valence electrons. The molecule has 1 aromatic heterocycles. The smallest absolute Gasteiger partial charge is 0.445 e. The van der Waals surface area contributed by atoms with Gasteiger partial charge in [0.15, 0.2) is 0 Å². The summed E-state index contributed by atoms with van der Waals surface area (Å²) in [7, 11) is 0. The third kappa shape index (κ3) is 3.84. The number of nitrogens with zero attached hydrogens (tertiary/aromatic N) is 2. The summed E-state index contributed by atoms with van der Waals surface area (Å²) in [4.78, 5) is 21.0. The average molecular weight is 285 g/mol. The van der Waals surface area contributed by atoms with E-state index in [0.717, 1.165) is 0 Å². The Morgan fingerprint density at radius 2 is 1.94 bits per heavy atom. The average Bonchev–Trinajstić information content (AvgIpc) is 2.63. The molecule has 3 N–H and O–H groups in total. The summed E-state index contributed by atoms with van der Waals surface area (Å²) in [5.74, 6) is -2.92. The molecule has 1 rings (SSSR count). The van der Waals surface area contributed by atoms with E-state index in [2.05, 4.69) is 15.5 Å². The Bertz CT molecular complexity index is 461. The van der Waals surface area contributed by atoms with Crippen molar-refractivity contribution in [3.8, 4) is 0 Å². The minimum atomic E-state index is -4.68. The number of hydrogen-bond donors (Lipinski definition) is 3. The second-order valence-electron chi connectivity index (χ2n) is 3.04. The van der Waals surface area contributed by atoms with Gasteiger partial charge in [-0.2, -0.15) is 13.2 Å². The Labute approximate surface area is 101 Å². The molecule has 1 unspecified atom stereocenters.